The van der Waals surface area contributed by atoms with Crippen LogP contribution in [0.5, 0.6) is 0 Å². The number of ketones is 1. The quantitative estimate of drug-likeness (QED) is 0.572. The number of hydrogen-bond donors (Lipinski definition) is 0. The molecule has 0 aliphatic carbocycles. The molecule has 1 amide bonds. The first kappa shape index (κ1) is 24.1. The van der Waals surface area contributed by atoms with Crippen LogP contribution in [0.25, 0.3) is 0 Å². The number of carbonyl (C=O) groups is 2. The predicted molar refractivity (Wildman–Crippen MR) is 134 cm³/mol. The van der Waals surface area contributed by atoms with E-state index < -0.39 is 21.7 Å². The Labute approximate surface area is 207 Å². The number of benzene rings is 2. The lowest BCUT2D eigenvalue weighted by Gasteiger charge is -2.36. The number of nitrogens with zero attached hydrogens (tertiary/aromatic N) is 4. The summed E-state index contributed by atoms with van der Waals surface area (Å²) in [5.74, 6) is -1.22. The lowest BCUT2D eigenvalue weighted by molar-refractivity contribution is -0.114. The third kappa shape index (κ3) is 5.04. The van der Waals surface area contributed by atoms with Crippen molar-refractivity contribution in [2.24, 2.45) is 0 Å². The van der Waals surface area contributed by atoms with Crippen LogP contribution in [0, 0.1) is 0 Å². The van der Waals surface area contributed by atoms with Crippen LogP contribution < -0.4 is 4.90 Å². The summed E-state index contributed by atoms with van der Waals surface area (Å²) < 4.78 is 27.9. The Balaban J connectivity index is 1.26. The molecule has 186 valence electrons. The average Bonchev–Trinajstić information content (AvgIpc) is 3.07. The summed E-state index contributed by atoms with van der Waals surface area (Å²) in [7, 11) is -3.69. The number of rotatable bonds is 6. The van der Waals surface area contributed by atoms with Gasteiger partial charge in [0.25, 0.3) is 5.78 Å². The number of amides is 1. The van der Waals surface area contributed by atoms with E-state index in [2.05, 4.69) is 21.9 Å². The summed E-state index contributed by atoms with van der Waals surface area (Å²) in [4.78, 5) is 31.8. The Hall–Kier alpha value is -2.59. The maximum absolute atomic E-state index is 13.2. The first-order chi connectivity index (χ1) is 16.9. The van der Waals surface area contributed by atoms with Crippen LogP contribution >= 0.6 is 0 Å². The normalized spacial score (nSPS) is 20.7. The molecule has 0 bridgehead atoms. The Kier molecular flexibility index (Phi) is 7.02. The van der Waals surface area contributed by atoms with Crippen molar-refractivity contribution in [2.45, 2.75) is 37.1 Å². The highest BCUT2D eigenvalue weighted by Crippen LogP contribution is 2.32. The van der Waals surface area contributed by atoms with Gasteiger partial charge in [0.15, 0.2) is 0 Å². The first-order valence-corrected chi connectivity index (χ1v) is 13.9. The van der Waals surface area contributed by atoms with Crippen molar-refractivity contribution < 1.29 is 18.0 Å². The zero-order valence-corrected chi connectivity index (χ0v) is 20.8. The number of carbonyl (C=O) groups excluding carboxylic acids is 2. The molecule has 8 nitrogen and oxygen atoms in total. The number of fused-ring (bicyclic) bond motifs is 1. The van der Waals surface area contributed by atoms with Crippen molar-refractivity contribution >= 4 is 27.4 Å². The van der Waals surface area contributed by atoms with Crippen LogP contribution in [-0.2, 0) is 21.4 Å². The van der Waals surface area contributed by atoms with Gasteiger partial charge < -0.3 is 0 Å². The van der Waals surface area contributed by atoms with Crippen LogP contribution in [0.3, 0.4) is 0 Å². The highest BCUT2D eigenvalue weighted by molar-refractivity contribution is 7.89. The van der Waals surface area contributed by atoms with E-state index in [4.69, 9.17) is 0 Å². The van der Waals surface area contributed by atoms with Gasteiger partial charge in [-0.15, -0.1) is 0 Å². The van der Waals surface area contributed by atoms with Gasteiger partial charge in [-0.05, 0) is 36.6 Å². The summed E-state index contributed by atoms with van der Waals surface area (Å²) in [6, 6.07) is 14.9. The fourth-order valence-electron chi connectivity index (χ4n) is 5.14. The molecule has 0 atom stereocenters. The third-order valence-corrected chi connectivity index (χ3v) is 9.10. The molecule has 5 rings (SSSR count). The predicted octanol–water partition coefficient (Wildman–Crippen LogP) is 2.56. The van der Waals surface area contributed by atoms with Crippen molar-refractivity contribution in [1.82, 2.24) is 14.1 Å². The van der Waals surface area contributed by atoms with Crippen molar-refractivity contribution in [2.75, 3.05) is 50.8 Å². The van der Waals surface area contributed by atoms with Gasteiger partial charge >= 0.3 is 5.91 Å². The van der Waals surface area contributed by atoms with Gasteiger partial charge in [0.05, 0.1) is 22.8 Å². The van der Waals surface area contributed by atoms with Crippen LogP contribution in [0.4, 0.5) is 5.69 Å². The molecule has 0 unspecified atom stereocenters. The number of piperazine rings is 1. The molecule has 0 N–H and O–H groups in total. The highest BCUT2D eigenvalue weighted by atomic mass is 32.2. The fourth-order valence-corrected chi connectivity index (χ4v) is 6.69. The van der Waals surface area contributed by atoms with Crippen molar-refractivity contribution in [1.29, 1.82) is 0 Å². The second-order valence-electron chi connectivity index (χ2n) is 9.58. The number of anilines is 1. The van der Waals surface area contributed by atoms with Crippen LogP contribution in [0.1, 0.15) is 41.6 Å². The molecule has 2 fully saturated rings. The molecule has 9 heteroatoms. The van der Waals surface area contributed by atoms with Gasteiger partial charge in [0, 0.05) is 45.8 Å². The minimum Gasteiger partial charge on any atom is -0.297 e. The summed E-state index contributed by atoms with van der Waals surface area (Å²) in [5, 5.41) is 0. The second-order valence-corrected chi connectivity index (χ2v) is 11.5. The Bertz CT molecular complexity index is 1190. The summed E-state index contributed by atoms with van der Waals surface area (Å²) in [6.45, 7) is 5.56. The molecule has 0 spiro atoms. The van der Waals surface area contributed by atoms with Crippen LogP contribution in [0.2, 0.25) is 0 Å². The molecule has 3 aliphatic rings. The summed E-state index contributed by atoms with van der Waals surface area (Å²) in [5.41, 5.74) is 1.97. The molecule has 35 heavy (non-hydrogen) atoms. The molecule has 0 radical (unpaired) electrons. The van der Waals surface area contributed by atoms with Gasteiger partial charge in [-0.2, -0.15) is 4.31 Å². The van der Waals surface area contributed by atoms with E-state index in [1.807, 2.05) is 18.2 Å². The van der Waals surface area contributed by atoms with E-state index in [0.717, 1.165) is 58.4 Å². The van der Waals surface area contributed by atoms with Gasteiger partial charge in [0.1, 0.15) is 0 Å². The molecule has 2 aromatic carbocycles. The summed E-state index contributed by atoms with van der Waals surface area (Å²) >= 11 is 0. The number of Topliss-reactive ketones (excluding diaryl/α,β-unsaturated/α-hetero) is 1. The molecular weight excluding hydrogens is 464 g/mol. The highest BCUT2D eigenvalue weighted by Gasteiger charge is 2.38. The monoisotopic (exact) mass is 496 g/mol. The Morgan fingerprint density at radius 3 is 2.09 bits per heavy atom. The largest absolute Gasteiger partial charge is 0.300 e. The van der Waals surface area contributed by atoms with Gasteiger partial charge in [-0.1, -0.05) is 43.2 Å². The summed E-state index contributed by atoms with van der Waals surface area (Å²) in [6.07, 6.45) is 3.74. The first-order valence-electron chi connectivity index (χ1n) is 12.4. The topological polar surface area (TPSA) is 81.2 Å². The number of sulfonamides is 1. The zero-order valence-electron chi connectivity index (χ0n) is 19.9. The SMILES string of the molecule is O=C1C(=O)N(CN2CCN(Cc3ccccc3)CC2)c2ccc(S(=O)(=O)N3CCCCCC3)cc21. The van der Waals surface area contributed by atoms with Gasteiger partial charge in [-0.3, -0.25) is 24.3 Å². The molecule has 3 aliphatic heterocycles. The standard InChI is InChI=1S/C26H32N4O4S/c31-25-23-18-22(35(33,34)29-12-6-1-2-7-13-29)10-11-24(23)30(26(25)32)20-28-16-14-27(15-17-28)19-21-8-4-3-5-9-21/h3-5,8-11,18H,1-2,6-7,12-17,19-20H2. The molecule has 3 heterocycles. The Morgan fingerprint density at radius 1 is 0.743 bits per heavy atom. The van der Waals surface area contributed by atoms with Gasteiger partial charge in [0.2, 0.25) is 10.0 Å². The fraction of sp³-hybridized carbons (Fsp3) is 0.462. The van der Waals surface area contributed by atoms with E-state index in [-0.39, 0.29) is 10.5 Å². The van der Waals surface area contributed by atoms with Crippen molar-refractivity contribution in [3.05, 3.63) is 59.7 Å². The van der Waals surface area contributed by atoms with E-state index in [9.17, 15) is 18.0 Å². The molecule has 0 saturated carbocycles. The lowest BCUT2D eigenvalue weighted by Crippen LogP contribution is -2.50. The van der Waals surface area contributed by atoms with Crippen LogP contribution in [0.15, 0.2) is 53.4 Å². The zero-order chi connectivity index (χ0) is 24.4. The lowest BCUT2D eigenvalue weighted by atomic mass is 10.1. The third-order valence-electron chi connectivity index (χ3n) is 7.20. The average molecular weight is 497 g/mol. The smallest absolute Gasteiger partial charge is 0.297 e. The van der Waals surface area contributed by atoms with E-state index in [1.54, 1.807) is 6.07 Å². The number of hydrogen-bond acceptors (Lipinski definition) is 6. The Morgan fingerprint density at radius 2 is 1.40 bits per heavy atom. The molecule has 2 saturated heterocycles. The maximum atomic E-state index is 13.2. The molecule has 2 aromatic rings. The molecule has 0 aromatic heterocycles. The van der Waals surface area contributed by atoms with E-state index in [0.29, 0.717) is 25.4 Å². The van der Waals surface area contributed by atoms with E-state index in [1.165, 1.54) is 26.9 Å². The van der Waals surface area contributed by atoms with Crippen molar-refractivity contribution in [3.63, 3.8) is 0 Å². The van der Waals surface area contributed by atoms with Crippen molar-refractivity contribution in [3.8, 4) is 0 Å². The molecular formula is C26H32N4O4S. The second kappa shape index (κ2) is 10.2. The minimum atomic E-state index is -3.69. The minimum absolute atomic E-state index is 0.0932. The van der Waals surface area contributed by atoms with Gasteiger partial charge in [-0.25, -0.2) is 8.42 Å². The maximum Gasteiger partial charge on any atom is 0.300 e. The van der Waals surface area contributed by atoms with E-state index >= 15 is 0 Å². The van der Waals surface area contributed by atoms with Crippen LogP contribution in [-0.4, -0.2) is 80.2 Å².